The Bertz CT molecular complexity index is 622. The lowest BCUT2D eigenvalue weighted by molar-refractivity contribution is 0.107. The molecule has 28 heavy (non-hydrogen) atoms. The lowest BCUT2D eigenvalue weighted by Crippen LogP contribution is -2.35. The van der Waals surface area contributed by atoms with E-state index in [4.69, 9.17) is 0 Å². The summed E-state index contributed by atoms with van der Waals surface area (Å²) < 4.78 is 0. The van der Waals surface area contributed by atoms with Crippen LogP contribution in [0.1, 0.15) is 98.8 Å². The Kier molecular flexibility index (Phi) is 7.29. The van der Waals surface area contributed by atoms with Crippen LogP contribution < -0.4 is 0 Å². The van der Waals surface area contributed by atoms with Gasteiger partial charge in [0.25, 0.3) is 0 Å². The minimum absolute atomic E-state index is 0.142. The number of hydrogen-bond donors (Lipinski definition) is 1. The van der Waals surface area contributed by atoms with Gasteiger partial charge in [-0.2, -0.15) is 0 Å². The number of hydrogen-bond acceptors (Lipinski definition) is 1. The van der Waals surface area contributed by atoms with Crippen molar-refractivity contribution in [2.45, 2.75) is 105 Å². The first-order valence-electron chi connectivity index (χ1n) is 12.1. The van der Waals surface area contributed by atoms with Crippen LogP contribution in [0.5, 0.6) is 0 Å². The van der Waals surface area contributed by atoms with Crippen molar-refractivity contribution in [3.05, 3.63) is 34.9 Å². The first-order chi connectivity index (χ1) is 13.3. The Morgan fingerprint density at radius 3 is 2.68 bits per heavy atom. The molecule has 0 saturated heterocycles. The zero-order valence-electron chi connectivity index (χ0n) is 19.1. The van der Waals surface area contributed by atoms with Crippen LogP contribution in [0.2, 0.25) is 0 Å². The van der Waals surface area contributed by atoms with Crippen LogP contribution in [-0.2, 0) is 0 Å². The second-order valence-corrected chi connectivity index (χ2v) is 10.8. The third-order valence-corrected chi connectivity index (χ3v) is 8.34. The maximum atomic E-state index is 10.0. The van der Waals surface area contributed by atoms with Crippen molar-refractivity contribution in [3.8, 4) is 0 Å². The highest BCUT2D eigenvalue weighted by Crippen LogP contribution is 2.58. The van der Waals surface area contributed by atoms with Crippen LogP contribution in [0.15, 0.2) is 34.9 Å². The maximum Gasteiger partial charge on any atom is 0.0583 e. The minimum atomic E-state index is -0.142. The molecule has 0 aromatic carbocycles. The van der Waals surface area contributed by atoms with Crippen molar-refractivity contribution < 1.29 is 5.11 Å². The number of aliphatic hydroxyl groups excluding tert-OH is 1. The van der Waals surface area contributed by atoms with E-state index in [2.05, 4.69) is 52.8 Å². The van der Waals surface area contributed by atoms with Crippen LogP contribution in [-0.4, -0.2) is 11.2 Å². The molecule has 1 nitrogen and oxygen atoms in total. The summed E-state index contributed by atoms with van der Waals surface area (Å²) in [5.41, 5.74) is 4.93. The zero-order valence-corrected chi connectivity index (χ0v) is 19.1. The van der Waals surface area contributed by atoms with Gasteiger partial charge in [-0.25, -0.2) is 0 Å². The van der Waals surface area contributed by atoms with Gasteiger partial charge in [0, 0.05) is 0 Å². The Balaban J connectivity index is 1.67. The Labute approximate surface area is 174 Å². The smallest absolute Gasteiger partial charge is 0.0583 e. The number of fused-ring (bicyclic) bond motifs is 1. The molecule has 3 rings (SSSR count). The Morgan fingerprint density at radius 1 is 1.14 bits per heavy atom. The Hall–Kier alpha value is -0.820. The third-order valence-electron chi connectivity index (χ3n) is 8.34. The molecule has 158 valence electrons. The van der Waals surface area contributed by atoms with Crippen molar-refractivity contribution in [2.75, 3.05) is 0 Å². The van der Waals surface area contributed by atoms with Crippen LogP contribution in [0.4, 0.5) is 0 Å². The average Bonchev–Trinajstić information content (AvgIpc) is 2.99. The molecule has 0 spiro atoms. The summed E-state index contributed by atoms with van der Waals surface area (Å²) in [6.07, 6.45) is 19.5. The fourth-order valence-electron chi connectivity index (χ4n) is 6.51. The molecule has 0 aliphatic heterocycles. The first kappa shape index (κ1) is 21.9. The van der Waals surface area contributed by atoms with Gasteiger partial charge in [0.2, 0.25) is 0 Å². The molecular formula is C27H44O. The highest BCUT2D eigenvalue weighted by Gasteiger charge is 2.49. The predicted octanol–water partition coefficient (Wildman–Crippen LogP) is 7.62. The molecule has 5 atom stereocenters. The summed E-state index contributed by atoms with van der Waals surface area (Å²) in [7, 11) is 0. The second-order valence-electron chi connectivity index (χ2n) is 10.8. The lowest BCUT2D eigenvalue weighted by Gasteiger charge is -2.43. The van der Waals surface area contributed by atoms with E-state index in [0.29, 0.717) is 5.41 Å². The summed E-state index contributed by atoms with van der Waals surface area (Å²) in [6.45, 7) is 12.1. The molecule has 0 bridgehead atoms. The number of aliphatic hydroxyl groups is 1. The normalized spacial score (nSPS) is 34.8. The average molecular weight is 385 g/mol. The first-order valence-corrected chi connectivity index (χ1v) is 12.1. The van der Waals surface area contributed by atoms with E-state index in [1.54, 1.807) is 5.57 Å². The summed E-state index contributed by atoms with van der Waals surface area (Å²) in [6, 6.07) is 0. The monoisotopic (exact) mass is 384 g/mol. The molecule has 1 fully saturated rings. The van der Waals surface area contributed by atoms with Gasteiger partial charge in [-0.05, 0) is 92.1 Å². The van der Waals surface area contributed by atoms with Gasteiger partial charge in [0.15, 0.2) is 0 Å². The van der Waals surface area contributed by atoms with Crippen molar-refractivity contribution in [3.63, 3.8) is 0 Å². The van der Waals surface area contributed by atoms with E-state index >= 15 is 0 Å². The largest absolute Gasteiger partial charge is 0.393 e. The fourth-order valence-corrected chi connectivity index (χ4v) is 6.51. The molecule has 1 N–H and O–H groups in total. The highest BCUT2D eigenvalue weighted by molar-refractivity contribution is 5.36. The fraction of sp³-hybridized carbons (Fsp3) is 0.778. The van der Waals surface area contributed by atoms with Gasteiger partial charge in [0.05, 0.1) is 6.10 Å². The van der Waals surface area contributed by atoms with Gasteiger partial charge >= 0.3 is 0 Å². The van der Waals surface area contributed by atoms with Crippen LogP contribution in [0.3, 0.4) is 0 Å². The summed E-state index contributed by atoms with van der Waals surface area (Å²) >= 11 is 0. The molecule has 0 aromatic heterocycles. The third kappa shape index (κ3) is 4.84. The van der Waals surface area contributed by atoms with Crippen molar-refractivity contribution in [1.29, 1.82) is 0 Å². The molecule has 0 radical (unpaired) electrons. The molecule has 3 aliphatic rings. The molecule has 0 aromatic rings. The molecule has 1 heteroatoms. The molecule has 0 unspecified atom stereocenters. The van der Waals surface area contributed by atoms with Gasteiger partial charge in [-0.15, -0.1) is 0 Å². The van der Waals surface area contributed by atoms with E-state index < -0.39 is 0 Å². The number of allylic oxidation sites excluding steroid dienone is 5. The summed E-state index contributed by atoms with van der Waals surface area (Å²) in [4.78, 5) is 0. The van der Waals surface area contributed by atoms with Crippen LogP contribution >= 0.6 is 0 Å². The van der Waals surface area contributed by atoms with Gasteiger partial charge < -0.3 is 5.11 Å². The van der Waals surface area contributed by atoms with E-state index in [1.807, 2.05) is 0 Å². The zero-order chi connectivity index (χ0) is 20.3. The maximum absolute atomic E-state index is 10.0. The van der Waals surface area contributed by atoms with Crippen molar-refractivity contribution >= 4 is 0 Å². The van der Waals surface area contributed by atoms with Gasteiger partial charge in [0.1, 0.15) is 0 Å². The number of rotatable bonds is 7. The second kappa shape index (κ2) is 9.33. The topological polar surface area (TPSA) is 20.2 Å². The molecule has 3 aliphatic carbocycles. The van der Waals surface area contributed by atoms with E-state index in [-0.39, 0.29) is 6.10 Å². The van der Waals surface area contributed by atoms with E-state index in [1.165, 1.54) is 56.1 Å². The highest BCUT2D eigenvalue weighted by atomic mass is 16.3. The van der Waals surface area contributed by atoms with E-state index in [0.717, 1.165) is 42.9 Å². The minimum Gasteiger partial charge on any atom is -0.393 e. The van der Waals surface area contributed by atoms with E-state index in [9.17, 15) is 5.11 Å². The quantitative estimate of drug-likeness (QED) is 0.478. The van der Waals surface area contributed by atoms with Crippen LogP contribution in [0, 0.1) is 29.1 Å². The SMILES string of the molecule is CC1=C(/C=C/C2=CCC[C@]3(C)[C@@H]([C@H](C)CCCC(C)C)CC[C@@H]23)C[C@H](O)CC1. The van der Waals surface area contributed by atoms with Gasteiger partial charge in [-0.1, -0.05) is 70.8 Å². The summed E-state index contributed by atoms with van der Waals surface area (Å²) in [5.74, 6) is 3.32. The van der Waals surface area contributed by atoms with Crippen LogP contribution in [0.25, 0.3) is 0 Å². The van der Waals surface area contributed by atoms with Gasteiger partial charge in [-0.3, -0.25) is 0 Å². The van der Waals surface area contributed by atoms with Crippen molar-refractivity contribution in [2.24, 2.45) is 29.1 Å². The molecule has 0 amide bonds. The molecule has 1 saturated carbocycles. The Morgan fingerprint density at radius 2 is 1.93 bits per heavy atom. The summed E-state index contributed by atoms with van der Waals surface area (Å²) in [5, 5.41) is 10.0. The van der Waals surface area contributed by atoms with Crippen molar-refractivity contribution in [1.82, 2.24) is 0 Å². The standard InChI is InChI=1S/C27H44O/c1-19(2)8-6-9-21(4)25-15-16-26-22(10-7-17-27(25,26)5)12-13-23-18-24(28)14-11-20(23)3/h10,12-13,19,21,24-26,28H,6-9,11,14-18H2,1-5H3/b13-12+/t21-,24-,25-,26+,27-/m1/s1. The molecular weight excluding hydrogens is 340 g/mol. The molecule has 0 heterocycles. The lowest BCUT2D eigenvalue weighted by atomic mass is 9.62. The predicted molar refractivity (Wildman–Crippen MR) is 121 cm³/mol.